The van der Waals surface area contributed by atoms with Crippen LogP contribution in [0.15, 0.2) is 18.2 Å². The third-order valence-corrected chi connectivity index (χ3v) is 2.66. The van der Waals surface area contributed by atoms with E-state index in [2.05, 4.69) is 24.1 Å². The van der Waals surface area contributed by atoms with Gasteiger partial charge in [0.05, 0.1) is 5.02 Å². The molecule has 1 N–H and O–H groups in total. The first kappa shape index (κ1) is 12.9. The quantitative estimate of drug-likeness (QED) is 0.813. The second-order valence-corrected chi connectivity index (χ2v) is 3.82. The summed E-state index contributed by atoms with van der Waals surface area (Å²) in [5, 5.41) is 3.78. The number of rotatable bonds is 4. The van der Waals surface area contributed by atoms with E-state index in [1.807, 2.05) is 25.2 Å². The molecule has 0 bridgehead atoms. The van der Waals surface area contributed by atoms with Gasteiger partial charge in [0, 0.05) is 6.04 Å². The summed E-state index contributed by atoms with van der Waals surface area (Å²) in [5.74, 6) is 6.27. The monoisotopic (exact) mass is 237 g/mol. The zero-order chi connectivity index (χ0) is 12.0. The second-order valence-electron chi connectivity index (χ2n) is 3.42. The predicted octanol–water partition coefficient (Wildman–Crippen LogP) is 3.02. The van der Waals surface area contributed by atoms with Crippen LogP contribution in [-0.2, 0) is 0 Å². The number of benzene rings is 1. The highest BCUT2D eigenvalue weighted by Gasteiger charge is 2.06. The van der Waals surface area contributed by atoms with E-state index in [4.69, 9.17) is 16.3 Å². The van der Waals surface area contributed by atoms with Crippen molar-refractivity contribution in [2.75, 3.05) is 13.7 Å². The molecule has 16 heavy (non-hydrogen) atoms. The smallest absolute Gasteiger partial charge is 0.149 e. The minimum Gasteiger partial charge on any atom is -0.479 e. The van der Waals surface area contributed by atoms with Crippen molar-refractivity contribution in [3.63, 3.8) is 0 Å². The molecule has 0 radical (unpaired) electrons. The summed E-state index contributed by atoms with van der Waals surface area (Å²) in [5.41, 5.74) is 1.14. The van der Waals surface area contributed by atoms with Crippen molar-refractivity contribution in [3.8, 4) is 17.6 Å². The average Bonchev–Trinajstić information content (AvgIpc) is 2.30. The van der Waals surface area contributed by atoms with Gasteiger partial charge in [-0.3, -0.25) is 0 Å². The van der Waals surface area contributed by atoms with Crippen LogP contribution in [0.25, 0.3) is 0 Å². The molecule has 0 aliphatic rings. The minimum absolute atomic E-state index is 0.280. The molecule has 0 aliphatic heterocycles. The zero-order valence-electron chi connectivity index (χ0n) is 9.80. The number of nitrogens with one attached hydrogen (secondary N) is 1. The lowest BCUT2D eigenvalue weighted by Gasteiger charge is -2.12. The number of ether oxygens (including phenoxy) is 1. The molecule has 0 spiro atoms. The molecule has 0 saturated heterocycles. The molecule has 0 saturated carbocycles. The van der Waals surface area contributed by atoms with E-state index in [9.17, 15) is 0 Å². The van der Waals surface area contributed by atoms with Crippen molar-refractivity contribution in [3.05, 3.63) is 28.8 Å². The second kappa shape index (κ2) is 6.42. The maximum atomic E-state index is 6.11. The molecule has 1 atom stereocenters. The first-order chi connectivity index (χ1) is 7.69. The Morgan fingerprint density at radius 2 is 2.25 bits per heavy atom. The van der Waals surface area contributed by atoms with E-state index in [0.29, 0.717) is 17.4 Å². The number of hydrogen-bond acceptors (Lipinski definition) is 2. The van der Waals surface area contributed by atoms with Crippen molar-refractivity contribution >= 4 is 11.6 Å². The Labute approximate surface area is 102 Å². The van der Waals surface area contributed by atoms with Crippen LogP contribution in [0.4, 0.5) is 0 Å². The molecule has 1 unspecified atom stereocenters. The molecule has 1 rings (SSSR count). The van der Waals surface area contributed by atoms with Gasteiger partial charge in [-0.1, -0.05) is 23.6 Å². The zero-order valence-corrected chi connectivity index (χ0v) is 10.6. The van der Waals surface area contributed by atoms with Crippen LogP contribution < -0.4 is 10.1 Å². The van der Waals surface area contributed by atoms with E-state index in [1.165, 1.54) is 0 Å². The van der Waals surface area contributed by atoms with Crippen LogP contribution in [0.5, 0.6) is 5.75 Å². The Morgan fingerprint density at radius 3 is 2.81 bits per heavy atom. The Bertz CT molecular complexity index is 406. The third-order valence-electron chi connectivity index (χ3n) is 2.37. The lowest BCUT2D eigenvalue weighted by molar-refractivity contribution is 0.370. The molecule has 3 heteroatoms. The van der Waals surface area contributed by atoms with Crippen LogP contribution in [0.1, 0.15) is 25.5 Å². The predicted molar refractivity (Wildman–Crippen MR) is 67.9 cm³/mol. The van der Waals surface area contributed by atoms with Crippen molar-refractivity contribution < 1.29 is 4.74 Å². The highest BCUT2D eigenvalue weighted by Crippen LogP contribution is 2.27. The van der Waals surface area contributed by atoms with E-state index in [0.717, 1.165) is 5.56 Å². The maximum absolute atomic E-state index is 6.11. The topological polar surface area (TPSA) is 21.3 Å². The fraction of sp³-hybridized carbons (Fsp3) is 0.385. The van der Waals surface area contributed by atoms with Crippen LogP contribution in [0, 0.1) is 11.8 Å². The Hall–Kier alpha value is -1.17. The summed E-state index contributed by atoms with van der Waals surface area (Å²) >= 11 is 6.11. The van der Waals surface area contributed by atoms with E-state index < -0.39 is 0 Å². The molecule has 86 valence electrons. The highest BCUT2D eigenvalue weighted by atomic mass is 35.5. The average molecular weight is 238 g/mol. The standard InChI is InChI=1S/C13H16ClNO/c1-4-5-8-16-13-7-6-11(9-12(13)14)10(2)15-3/h6-7,9-10,15H,8H2,1-3H3. The fourth-order valence-corrected chi connectivity index (χ4v) is 1.50. The Morgan fingerprint density at radius 1 is 1.50 bits per heavy atom. The van der Waals surface area contributed by atoms with Gasteiger partial charge < -0.3 is 10.1 Å². The molecular formula is C13H16ClNO. The Kier molecular flexibility index (Phi) is 5.18. The summed E-state index contributed by atoms with van der Waals surface area (Å²) in [6, 6.07) is 6.07. The van der Waals surface area contributed by atoms with Crippen molar-refractivity contribution in [2.24, 2.45) is 0 Å². The summed E-state index contributed by atoms with van der Waals surface area (Å²) in [6.45, 7) is 4.23. The summed E-state index contributed by atoms with van der Waals surface area (Å²) in [7, 11) is 1.92. The van der Waals surface area contributed by atoms with Gasteiger partial charge in [0.25, 0.3) is 0 Å². The molecule has 0 fully saturated rings. The number of halogens is 1. The molecule has 1 aromatic carbocycles. The molecular weight excluding hydrogens is 222 g/mol. The SMILES string of the molecule is CC#CCOc1ccc(C(C)NC)cc1Cl. The van der Waals surface area contributed by atoms with Crippen LogP contribution in [0.3, 0.4) is 0 Å². The minimum atomic E-state index is 0.280. The molecule has 0 aromatic heterocycles. The van der Waals surface area contributed by atoms with Crippen molar-refractivity contribution in [2.45, 2.75) is 19.9 Å². The molecule has 0 heterocycles. The lowest BCUT2D eigenvalue weighted by Crippen LogP contribution is -2.12. The van der Waals surface area contributed by atoms with Gasteiger partial charge in [-0.25, -0.2) is 0 Å². The summed E-state index contributed by atoms with van der Waals surface area (Å²) < 4.78 is 5.42. The Balaban J connectivity index is 2.77. The van der Waals surface area contributed by atoms with Crippen LogP contribution in [0.2, 0.25) is 5.02 Å². The maximum Gasteiger partial charge on any atom is 0.149 e. The molecule has 1 aromatic rings. The van der Waals surface area contributed by atoms with Crippen LogP contribution >= 0.6 is 11.6 Å². The van der Waals surface area contributed by atoms with E-state index in [1.54, 1.807) is 6.92 Å². The molecule has 0 aliphatic carbocycles. The van der Waals surface area contributed by atoms with Gasteiger partial charge in [-0.05, 0) is 38.6 Å². The van der Waals surface area contributed by atoms with Crippen molar-refractivity contribution in [1.82, 2.24) is 5.32 Å². The normalized spacial score (nSPS) is 11.5. The van der Waals surface area contributed by atoms with Gasteiger partial charge in [0.2, 0.25) is 0 Å². The highest BCUT2D eigenvalue weighted by molar-refractivity contribution is 6.32. The van der Waals surface area contributed by atoms with Gasteiger partial charge in [0.1, 0.15) is 12.4 Å². The van der Waals surface area contributed by atoms with E-state index >= 15 is 0 Å². The fourth-order valence-electron chi connectivity index (χ4n) is 1.26. The van der Waals surface area contributed by atoms with Gasteiger partial charge in [-0.15, -0.1) is 5.92 Å². The van der Waals surface area contributed by atoms with Crippen LogP contribution in [-0.4, -0.2) is 13.7 Å². The summed E-state index contributed by atoms with van der Waals surface area (Å²) in [6.07, 6.45) is 0. The van der Waals surface area contributed by atoms with E-state index in [-0.39, 0.29) is 6.04 Å². The lowest BCUT2D eigenvalue weighted by atomic mass is 10.1. The third kappa shape index (κ3) is 3.44. The van der Waals surface area contributed by atoms with Crippen molar-refractivity contribution in [1.29, 1.82) is 0 Å². The first-order valence-corrected chi connectivity index (χ1v) is 5.56. The van der Waals surface area contributed by atoms with Gasteiger partial charge in [-0.2, -0.15) is 0 Å². The molecule has 0 amide bonds. The largest absolute Gasteiger partial charge is 0.479 e. The summed E-state index contributed by atoms with van der Waals surface area (Å²) in [4.78, 5) is 0. The number of hydrogen-bond donors (Lipinski definition) is 1. The van der Waals surface area contributed by atoms with Gasteiger partial charge >= 0.3 is 0 Å². The van der Waals surface area contributed by atoms with Gasteiger partial charge in [0.15, 0.2) is 0 Å². The molecule has 2 nitrogen and oxygen atoms in total. The first-order valence-electron chi connectivity index (χ1n) is 5.18.